The number of fused-ring (bicyclic) bond motifs is 1. The number of carbonyl (C=O) groups is 2. The van der Waals surface area contributed by atoms with Gasteiger partial charge >= 0.3 is 0 Å². The number of rotatable bonds is 8. The molecule has 2 saturated heterocycles. The number of benzene rings is 3. The van der Waals surface area contributed by atoms with Crippen molar-refractivity contribution in [2.75, 3.05) is 57.8 Å². The van der Waals surface area contributed by atoms with E-state index < -0.39 is 5.97 Å². The lowest BCUT2D eigenvalue weighted by molar-refractivity contribution is -0.134. The molecule has 0 saturated carbocycles. The van der Waals surface area contributed by atoms with Crippen LogP contribution in [0.15, 0.2) is 60.7 Å². The van der Waals surface area contributed by atoms with Gasteiger partial charge in [0.1, 0.15) is 0 Å². The maximum absolute atomic E-state index is 13.7. The van der Waals surface area contributed by atoms with Gasteiger partial charge in [-0.15, -0.1) is 0 Å². The molecule has 2 aliphatic rings. The van der Waals surface area contributed by atoms with Crippen molar-refractivity contribution in [3.05, 3.63) is 82.9 Å². The van der Waals surface area contributed by atoms with Crippen LogP contribution in [0.4, 0.5) is 0 Å². The number of likely N-dealkylation sites (N-methyl/N-ethyl adjacent to an activating group) is 1. The zero-order valence-electron chi connectivity index (χ0n) is 24.2. The molecule has 1 atom stereocenters. The SMILES string of the molecule is CC(=O)O.CN(CC(CCN1CC(N2CCSCC2)C1)c1ccc(C#N)cc1)C(=O)c1cc(C#N)cc2ccccc12. The Balaban J connectivity index is 0.000000952. The number of carboxylic acid groups (broad SMARTS) is 1. The van der Waals surface area contributed by atoms with E-state index in [9.17, 15) is 15.3 Å². The molecule has 5 rings (SSSR count). The van der Waals surface area contributed by atoms with Crippen molar-refractivity contribution < 1.29 is 14.7 Å². The largest absolute Gasteiger partial charge is 0.481 e. The molecule has 0 aromatic heterocycles. The van der Waals surface area contributed by atoms with E-state index in [0.717, 1.165) is 49.3 Å². The second-order valence-electron chi connectivity index (χ2n) is 10.8. The smallest absolute Gasteiger partial charge is 0.300 e. The number of likely N-dealkylation sites (tertiary alicyclic amines) is 1. The number of hydrogen-bond donors (Lipinski definition) is 1. The van der Waals surface area contributed by atoms with Crippen LogP contribution < -0.4 is 0 Å². The predicted octanol–water partition coefficient (Wildman–Crippen LogP) is 4.65. The van der Waals surface area contributed by atoms with E-state index in [2.05, 4.69) is 33.7 Å². The van der Waals surface area contributed by atoms with Gasteiger partial charge in [0.25, 0.3) is 11.9 Å². The Morgan fingerprint density at radius 3 is 2.31 bits per heavy atom. The number of nitriles is 2. The third-order valence-corrected chi connectivity index (χ3v) is 8.81. The van der Waals surface area contributed by atoms with Crippen LogP contribution in [0.3, 0.4) is 0 Å². The minimum absolute atomic E-state index is 0.0797. The number of amides is 1. The van der Waals surface area contributed by atoms with Gasteiger partial charge in [-0.2, -0.15) is 22.3 Å². The average molecular weight is 584 g/mol. The summed E-state index contributed by atoms with van der Waals surface area (Å²) in [5.74, 6) is 1.71. The summed E-state index contributed by atoms with van der Waals surface area (Å²) in [6.07, 6.45) is 0.936. The second-order valence-corrected chi connectivity index (χ2v) is 12.1. The highest BCUT2D eigenvalue weighted by atomic mass is 32.2. The molecule has 1 unspecified atom stereocenters. The quantitative estimate of drug-likeness (QED) is 0.408. The summed E-state index contributed by atoms with van der Waals surface area (Å²) >= 11 is 2.05. The molecule has 2 aliphatic heterocycles. The van der Waals surface area contributed by atoms with Crippen molar-refractivity contribution in [1.29, 1.82) is 10.5 Å². The van der Waals surface area contributed by atoms with Gasteiger partial charge in [-0.3, -0.25) is 14.5 Å². The van der Waals surface area contributed by atoms with E-state index in [-0.39, 0.29) is 11.8 Å². The molecule has 0 aliphatic carbocycles. The topological polar surface area (TPSA) is 112 Å². The zero-order valence-corrected chi connectivity index (χ0v) is 25.0. The van der Waals surface area contributed by atoms with Gasteiger partial charge < -0.3 is 14.9 Å². The lowest BCUT2D eigenvalue weighted by Gasteiger charge is -2.47. The fourth-order valence-corrected chi connectivity index (χ4v) is 6.53. The van der Waals surface area contributed by atoms with Gasteiger partial charge in [-0.05, 0) is 53.6 Å². The van der Waals surface area contributed by atoms with Crippen LogP contribution in [0.5, 0.6) is 0 Å². The molecule has 1 N–H and O–H groups in total. The highest BCUT2D eigenvalue weighted by Gasteiger charge is 2.32. The average Bonchev–Trinajstić information content (AvgIpc) is 2.99. The first-order chi connectivity index (χ1) is 20.3. The van der Waals surface area contributed by atoms with Crippen molar-refractivity contribution in [1.82, 2.24) is 14.7 Å². The van der Waals surface area contributed by atoms with Gasteiger partial charge in [0.2, 0.25) is 0 Å². The number of carbonyl (C=O) groups excluding carboxylic acids is 1. The third kappa shape index (κ3) is 8.10. The first-order valence-electron chi connectivity index (χ1n) is 14.2. The van der Waals surface area contributed by atoms with Gasteiger partial charge in [-0.1, -0.05) is 36.4 Å². The van der Waals surface area contributed by atoms with Crippen molar-refractivity contribution in [2.45, 2.75) is 25.3 Å². The van der Waals surface area contributed by atoms with Crippen LogP contribution in [0.1, 0.15) is 46.3 Å². The fraction of sp³-hybridized carbons (Fsp3) is 0.394. The standard InChI is InChI=1S/C31H33N5OS.C2H4O2/c1-34(31(37)30-17-24(19-33)16-26-4-2-3-5-29(26)30)20-27(25-8-6-23(18-32)7-9-25)10-11-35-21-28(22-35)36-12-14-38-15-13-36;1-2(3)4/h2-9,16-17,27-28H,10-15,20-22H2,1H3;1H3,(H,3,4). The number of nitrogens with zero attached hydrogens (tertiary/aromatic N) is 5. The normalized spacial score (nSPS) is 16.3. The zero-order chi connectivity index (χ0) is 30.1. The van der Waals surface area contributed by atoms with Crippen LogP contribution >= 0.6 is 11.8 Å². The minimum atomic E-state index is -0.833. The minimum Gasteiger partial charge on any atom is -0.481 e. The number of aliphatic carboxylic acids is 1. The van der Waals surface area contributed by atoms with Crippen LogP contribution in [-0.4, -0.2) is 95.5 Å². The maximum atomic E-state index is 13.7. The highest BCUT2D eigenvalue weighted by Crippen LogP contribution is 2.27. The Kier molecular flexibility index (Phi) is 11.0. The van der Waals surface area contributed by atoms with E-state index in [0.29, 0.717) is 29.3 Å². The van der Waals surface area contributed by atoms with E-state index >= 15 is 0 Å². The van der Waals surface area contributed by atoms with Crippen molar-refractivity contribution in [3.63, 3.8) is 0 Å². The summed E-state index contributed by atoms with van der Waals surface area (Å²) in [7, 11) is 1.85. The van der Waals surface area contributed by atoms with E-state index in [1.54, 1.807) is 11.0 Å². The van der Waals surface area contributed by atoms with Crippen molar-refractivity contribution >= 4 is 34.4 Å². The first-order valence-corrected chi connectivity index (χ1v) is 15.4. The van der Waals surface area contributed by atoms with Gasteiger partial charge in [0, 0.05) is 75.7 Å². The summed E-state index contributed by atoms with van der Waals surface area (Å²) in [5.41, 5.74) is 2.83. The summed E-state index contributed by atoms with van der Waals surface area (Å²) in [5, 5.41) is 27.9. The number of thioether (sulfide) groups is 1. The van der Waals surface area contributed by atoms with Crippen LogP contribution in [0.25, 0.3) is 10.8 Å². The third-order valence-electron chi connectivity index (χ3n) is 7.87. The summed E-state index contributed by atoms with van der Waals surface area (Å²) in [4.78, 5) is 29.6. The van der Waals surface area contributed by atoms with E-state index in [4.69, 9.17) is 9.90 Å². The van der Waals surface area contributed by atoms with Crippen LogP contribution in [0.2, 0.25) is 0 Å². The van der Waals surface area contributed by atoms with E-state index in [1.165, 1.54) is 24.6 Å². The number of hydrogen-bond acceptors (Lipinski definition) is 7. The van der Waals surface area contributed by atoms with Crippen LogP contribution in [-0.2, 0) is 4.79 Å². The molecule has 42 heavy (non-hydrogen) atoms. The highest BCUT2D eigenvalue weighted by molar-refractivity contribution is 7.99. The monoisotopic (exact) mass is 583 g/mol. The molecular formula is C33H37N5O3S. The van der Waals surface area contributed by atoms with Gasteiger partial charge in [-0.25, -0.2) is 0 Å². The molecule has 0 spiro atoms. The summed E-state index contributed by atoms with van der Waals surface area (Å²) < 4.78 is 0. The predicted molar refractivity (Wildman–Crippen MR) is 167 cm³/mol. The molecular weight excluding hydrogens is 546 g/mol. The Labute approximate surface area is 252 Å². The van der Waals surface area contributed by atoms with Crippen molar-refractivity contribution in [3.8, 4) is 12.1 Å². The molecule has 2 fully saturated rings. The second kappa shape index (κ2) is 14.8. The molecule has 2 heterocycles. The maximum Gasteiger partial charge on any atom is 0.300 e. The molecule has 0 radical (unpaired) electrons. The molecule has 1 amide bonds. The Bertz CT molecular complexity index is 1460. The van der Waals surface area contributed by atoms with Gasteiger partial charge in [0.15, 0.2) is 0 Å². The van der Waals surface area contributed by atoms with E-state index in [1.807, 2.05) is 61.6 Å². The van der Waals surface area contributed by atoms with Crippen LogP contribution in [0, 0.1) is 22.7 Å². The lowest BCUT2D eigenvalue weighted by Crippen LogP contribution is -2.61. The molecule has 0 bridgehead atoms. The molecule has 3 aromatic carbocycles. The molecule has 9 heteroatoms. The molecule has 8 nitrogen and oxygen atoms in total. The number of carboxylic acids is 1. The Morgan fingerprint density at radius 2 is 1.67 bits per heavy atom. The summed E-state index contributed by atoms with van der Waals surface area (Å²) in [6.45, 7) is 7.27. The van der Waals surface area contributed by atoms with Gasteiger partial charge in [0.05, 0.1) is 23.3 Å². The fourth-order valence-electron chi connectivity index (χ4n) is 5.60. The Hall–Kier alpha value is -3.89. The molecule has 3 aromatic rings. The lowest BCUT2D eigenvalue weighted by atomic mass is 9.92. The first kappa shape index (κ1) is 31.1. The molecule has 218 valence electrons. The summed E-state index contributed by atoms with van der Waals surface area (Å²) in [6, 6.07) is 24.1. The van der Waals surface area contributed by atoms with Crippen molar-refractivity contribution in [2.24, 2.45) is 0 Å². The Morgan fingerprint density at radius 1 is 1.02 bits per heavy atom.